The average Bonchev–Trinajstić information content (AvgIpc) is 3.61. The van der Waals surface area contributed by atoms with Crippen molar-refractivity contribution in [2.75, 3.05) is 0 Å². The van der Waals surface area contributed by atoms with E-state index in [9.17, 15) is 0 Å². The molecule has 0 radical (unpaired) electrons. The van der Waals surface area contributed by atoms with Gasteiger partial charge in [0.2, 0.25) is 0 Å². The monoisotopic (exact) mass is 542 g/mol. The molecule has 4 aromatic carbocycles. The molecule has 0 amide bonds. The molecule has 0 saturated carbocycles. The van der Waals surface area contributed by atoms with E-state index in [1.165, 1.54) is 43.8 Å². The number of fused-ring (bicyclic) bond motifs is 7. The lowest BCUT2D eigenvalue weighted by atomic mass is 9.82. The molecule has 0 aliphatic heterocycles. The summed E-state index contributed by atoms with van der Waals surface area (Å²) >= 11 is 0. The Morgan fingerprint density at radius 3 is 2.10 bits per heavy atom. The Balaban J connectivity index is 1.30. The summed E-state index contributed by atoms with van der Waals surface area (Å²) in [6.45, 7) is 0. The SMILES string of the molecule is C1=CCCC(C2C=Cc3oc4c(-c5cccc6ccccc56)c5oc6c(c5cc4c3C2)CC(c2ccccc2)C=C6)=C1. The zero-order chi connectivity index (χ0) is 27.6. The van der Waals surface area contributed by atoms with Crippen molar-refractivity contribution in [2.24, 2.45) is 5.92 Å². The second kappa shape index (κ2) is 9.36. The summed E-state index contributed by atoms with van der Waals surface area (Å²) < 4.78 is 13.6. The van der Waals surface area contributed by atoms with Crippen molar-refractivity contribution in [3.63, 3.8) is 0 Å². The predicted octanol–water partition coefficient (Wildman–Crippen LogP) is 10.8. The maximum atomic E-state index is 6.79. The van der Waals surface area contributed by atoms with E-state index in [0.29, 0.717) is 11.8 Å². The molecule has 3 aliphatic rings. The van der Waals surface area contributed by atoms with E-state index in [-0.39, 0.29) is 0 Å². The number of rotatable bonds is 3. The maximum Gasteiger partial charge on any atom is 0.146 e. The van der Waals surface area contributed by atoms with Crippen LogP contribution in [-0.4, -0.2) is 0 Å². The van der Waals surface area contributed by atoms with Gasteiger partial charge in [-0.1, -0.05) is 109 Å². The normalized spacial score (nSPS) is 19.4. The molecular formula is C40H30O2. The van der Waals surface area contributed by atoms with Crippen molar-refractivity contribution >= 4 is 44.9 Å². The standard InChI is InChI=1S/C40H30O2/c1-3-10-25(11-4-1)28-18-20-36-32(22-28)34-24-35-33-23-29(26-12-5-2-6-13-26)19-21-37(33)42-40(35)38(39(34)41-36)31-17-9-15-27-14-7-8-16-30(27)31/h1-5,7-12,14-21,24,28-29H,6,13,22-23H2. The minimum atomic E-state index is 0.327. The summed E-state index contributed by atoms with van der Waals surface area (Å²) in [6, 6.07) is 28.4. The summed E-state index contributed by atoms with van der Waals surface area (Å²) in [4.78, 5) is 0. The minimum Gasteiger partial charge on any atom is -0.456 e. The van der Waals surface area contributed by atoms with E-state index in [0.717, 1.165) is 59.5 Å². The van der Waals surface area contributed by atoms with Gasteiger partial charge in [0.25, 0.3) is 0 Å². The highest BCUT2D eigenvalue weighted by atomic mass is 16.3. The van der Waals surface area contributed by atoms with Gasteiger partial charge in [-0.15, -0.1) is 0 Å². The van der Waals surface area contributed by atoms with Gasteiger partial charge in [-0.3, -0.25) is 0 Å². The number of furan rings is 2. The molecule has 42 heavy (non-hydrogen) atoms. The van der Waals surface area contributed by atoms with Crippen molar-refractivity contribution in [1.82, 2.24) is 0 Å². The average molecular weight is 543 g/mol. The summed E-state index contributed by atoms with van der Waals surface area (Å²) in [5.41, 5.74) is 9.55. The Labute approximate surface area is 245 Å². The Morgan fingerprint density at radius 2 is 1.33 bits per heavy atom. The van der Waals surface area contributed by atoms with Gasteiger partial charge in [0.05, 0.1) is 5.56 Å². The van der Waals surface area contributed by atoms with Crippen molar-refractivity contribution in [2.45, 2.75) is 31.6 Å². The van der Waals surface area contributed by atoms with Gasteiger partial charge in [-0.2, -0.15) is 0 Å². The molecule has 0 spiro atoms. The van der Waals surface area contributed by atoms with Crippen LogP contribution in [0.3, 0.4) is 0 Å². The van der Waals surface area contributed by atoms with E-state index in [2.05, 4.69) is 121 Å². The van der Waals surface area contributed by atoms with Crippen LogP contribution in [0.5, 0.6) is 0 Å². The highest BCUT2D eigenvalue weighted by Gasteiger charge is 2.30. The molecule has 2 atom stereocenters. The van der Waals surface area contributed by atoms with Gasteiger partial charge in [0.1, 0.15) is 22.7 Å². The van der Waals surface area contributed by atoms with Gasteiger partial charge < -0.3 is 8.83 Å². The van der Waals surface area contributed by atoms with E-state index < -0.39 is 0 Å². The van der Waals surface area contributed by atoms with Crippen LogP contribution in [0, 0.1) is 5.92 Å². The quantitative estimate of drug-likeness (QED) is 0.222. The molecule has 0 fully saturated rings. The third-order valence-corrected chi connectivity index (χ3v) is 9.52. The first-order chi connectivity index (χ1) is 20.8. The van der Waals surface area contributed by atoms with Gasteiger partial charge in [0, 0.05) is 33.7 Å². The zero-order valence-electron chi connectivity index (χ0n) is 23.3. The topological polar surface area (TPSA) is 26.3 Å². The highest BCUT2D eigenvalue weighted by molar-refractivity contribution is 6.15. The molecule has 6 aromatic rings. The Kier molecular flexibility index (Phi) is 5.31. The number of benzene rings is 4. The Bertz CT molecular complexity index is 2140. The van der Waals surface area contributed by atoms with Crippen molar-refractivity contribution in [3.8, 4) is 11.1 Å². The van der Waals surface area contributed by atoms with Crippen LogP contribution in [0.15, 0.2) is 124 Å². The van der Waals surface area contributed by atoms with E-state index >= 15 is 0 Å². The smallest absolute Gasteiger partial charge is 0.146 e. The van der Waals surface area contributed by atoms with E-state index in [4.69, 9.17) is 8.83 Å². The predicted molar refractivity (Wildman–Crippen MR) is 174 cm³/mol. The van der Waals surface area contributed by atoms with E-state index in [1.807, 2.05) is 0 Å². The molecule has 2 aromatic heterocycles. The molecule has 0 bridgehead atoms. The second-order valence-electron chi connectivity index (χ2n) is 11.9. The lowest BCUT2D eigenvalue weighted by Crippen LogP contribution is -2.10. The fraction of sp³-hybridized carbons (Fsp3) is 0.150. The lowest BCUT2D eigenvalue weighted by Gasteiger charge is -2.21. The van der Waals surface area contributed by atoms with Crippen LogP contribution in [0.2, 0.25) is 0 Å². The molecule has 2 heterocycles. The van der Waals surface area contributed by atoms with E-state index in [1.54, 1.807) is 0 Å². The first-order valence-corrected chi connectivity index (χ1v) is 15.1. The van der Waals surface area contributed by atoms with Gasteiger partial charge in [-0.25, -0.2) is 0 Å². The Hall–Kier alpha value is -4.82. The third-order valence-electron chi connectivity index (χ3n) is 9.52. The molecule has 2 unspecified atom stereocenters. The number of hydrogen-bond donors (Lipinski definition) is 0. The molecule has 0 N–H and O–H groups in total. The maximum absolute atomic E-state index is 6.79. The lowest BCUT2D eigenvalue weighted by molar-refractivity contribution is 0.579. The van der Waals surface area contributed by atoms with Crippen LogP contribution >= 0.6 is 0 Å². The van der Waals surface area contributed by atoms with Crippen molar-refractivity contribution in [1.29, 1.82) is 0 Å². The van der Waals surface area contributed by atoms with Crippen LogP contribution in [-0.2, 0) is 12.8 Å². The van der Waals surface area contributed by atoms with Crippen molar-refractivity contribution < 1.29 is 8.83 Å². The summed E-state index contributed by atoms with van der Waals surface area (Å²) in [6.07, 6.45) is 20.0. The second-order valence-corrected chi connectivity index (χ2v) is 11.9. The number of allylic oxidation sites excluding steroid dienone is 6. The molecule has 2 nitrogen and oxygen atoms in total. The first-order valence-electron chi connectivity index (χ1n) is 15.1. The Morgan fingerprint density at radius 1 is 0.643 bits per heavy atom. The molecule has 0 saturated heterocycles. The highest BCUT2D eigenvalue weighted by Crippen LogP contribution is 2.48. The fourth-order valence-corrected chi connectivity index (χ4v) is 7.39. The van der Waals surface area contributed by atoms with Crippen LogP contribution in [0.25, 0.3) is 56.0 Å². The number of hydrogen-bond acceptors (Lipinski definition) is 2. The summed E-state index contributed by atoms with van der Waals surface area (Å²) in [5.74, 6) is 2.69. The summed E-state index contributed by atoms with van der Waals surface area (Å²) in [7, 11) is 0. The van der Waals surface area contributed by atoms with Gasteiger partial charge in [0.15, 0.2) is 0 Å². The van der Waals surface area contributed by atoms with Crippen LogP contribution in [0.4, 0.5) is 0 Å². The summed E-state index contributed by atoms with van der Waals surface area (Å²) in [5, 5.41) is 4.85. The van der Waals surface area contributed by atoms with Crippen LogP contribution in [0.1, 0.15) is 47.0 Å². The van der Waals surface area contributed by atoms with Gasteiger partial charge >= 0.3 is 0 Å². The molecule has 9 rings (SSSR count). The van der Waals surface area contributed by atoms with Crippen LogP contribution < -0.4 is 0 Å². The molecule has 202 valence electrons. The molecule has 2 heteroatoms. The largest absolute Gasteiger partial charge is 0.456 e. The van der Waals surface area contributed by atoms with Gasteiger partial charge in [-0.05, 0) is 65.8 Å². The fourth-order valence-electron chi connectivity index (χ4n) is 7.39. The third kappa shape index (κ3) is 3.65. The zero-order valence-corrected chi connectivity index (χ0v) is 23.3. The minimum absolute atomic E-state index is 0.327. The molecular weight excluding hydrogens is 512 g/mol. The first kappa shape index (κ1) is 23.8. The molecule has 3 aliphatic carbocycles. The van der Waals surface area contributed by atoms with Crippen molar-refractivity contribution in [3.05, 3.63) is 143 Å².